The molecule has 1 unspecified atom stereocenters. The zero-order valence-corrected chi connectivity index (χ0v) is 12.1. The number of piperidine rings is 1. The highest BCUT2D eigenvalue weighted by Crippen LogP contribution is 2.25. The monoisotopic (exact) mass is 262 g/mol. The maximum atomic E-state index is 5.86. The Kier molecular flexibility index (Phi) is 5.52. The number of hydrogen-bond donors (Lipinski definition) is 2. The Morgan fingerprint density at radius 2 is 2.21 bits per heavy atom. The number of rotatable bonds is 6. The van der Waals surface area contributed by atoms with Crippen LogP contribution < -0.4 is 15.4 Å². The summed E-state index contributed by atoms with van der Waals surface area (Å²) >= 11 is 0. The first-order valence-corrected chi connectivity index (χ1v) is 7.42. The highest BCUT2D eigenvalue weighted by molar-refractivity contribution is 5.56. The van der Waals surface area contributed by atoms with Gasteiger partial charge in [-0.05, 0) is 49.9 Å². The first-order chi connectivity index (χ1) is 9.25. The molecule has 1 aromatic carbocycles. The van der Waals surface area contributed by atoms with E-state index in [0.717, 1.165) is 37.1 Å². The van der Waals surface area contributed by atoms with Crippen molar-refractivity contribution < 1.29 is 4.74 Å². The third-order valence-electron chi connectivity index (χ3n) is 3.44. The second-order valence-electron chi connectivity index (χ2n) is 5.79. The zero-order chi connectivity index (χ0) is 13.5. The smallest absolute Gasteiger partial charge is 0.142 e. The molecule has 3 nitrogen and oxygen atoms in total. The van der Waals surface area contributed by atoms with Crippen LogP contribution in [0.1, 0.15) is 26.7 Å². The van der Waals surface area contributed by atoms with Gasteiger partial charge in [0.05, 0.1) is 12.3 Å². The Hall–Kier alpha value is -1.22. The summed E-state index contributed by atoms with van der Waals surface area (Å²) in [5, 5.41) is 7.00. The van der Waals surface area contributed by atoms with Gasteiger partial charge in [-0.2, -0.15) is 0 Å². The largest absolute Gasteiger partial charge is 0.491 e. The lowest BCUT2D eigenvalue weighted by Crippen LogP contribution is -2.33. The van der Waals surface area contributed by atoms with Crippen LogP contribution in [-0.2, 0) is 0 Å². The standard InChI is InChI=1S/C16H26N2O/c1-13(2)12-19-16-8-4-3-7-15(16)18-11-14-6-5-9-17-10-14/h3-4,7-8,13-14,17-18H,5-6,9-12H2,1-2H3. The van der Waals surface area contributed by atoms with Gasteiger partial charge in [-0.1, -0.05) is 26.0 Å². The van der Waals surface area contributed by atoms with Crippen molar-refractivity contribution in [1.82, 2.24) is 5.32 Å². The van der Waals surface area contributed by atoms with Gasteiger partial charge in [0.1, 0.15) is 5.75 Å². The lowest BCUT2D eigenvalue weighted by Gasteiger charge is -2.24. The Morgan fingerprint density at radius 3 is 2.95 bits per heavy atom. The lowest BCUT2D eigenvalue weighted by molar-refractivity contribution is 0.272. The molecule has 2 rings (SSSR count). The molecule has 0 saturated carbocycles. The molecule has 106 valence electrons. The van der Waals surface area contributed by atoms with E-state index in [2.05, 4.69) is 36.6 Å². The maximum Gasteiger partial charge on any atom is 0.142 e. The Morgan fingerprint density at radius 1 is 1.37 bits per heavy atom. The Bertz CT molecular complexity index is 373. The lowest BCUT2D eigenvalue weighted by atomic mass is 10.00. The van der Waals surface area contributed by atoms with Gasteiger partial charge in [0.25, 0.3) is 0 Å². The fourth-order valence-corrected chi connectivity index (χ4v) is 2.35. The molecular formula is C16H26N2O. The fourth-order valence-electron chi connectivity index (χ4n) is 2.35. The van der Waals surface area contributed by atoms with Gasteiger partial charge in [-0.25, -0.2) is 0 Å². The summed E-state index contributed by atoms with van der Waals surface area (Å²) in [5.74, 6) is 2.25. The summed E-state index contributed by atoms with van der Waals surface area (Å²) < 4.78 is 5.86. The number of benzene rings is 1. The zero-order valence-electron chi connectivity index (χ0n) is 12.1. The van der Waals surface area contributed by atoms with Crippen molar-refractivity contribution in [1.29, 1.82) is 0 Å². The van der Waals surface area contributed by atoms with E-state index in [4.69, 9.17) is 4.74 Å². The van der Waals surface area contributed by atoms with Crippen molar-refractivity contribution >= 4 is 5.69 Å². The average Bonchev–Trinajstić information content (AvgIpc) is 2.45. The minimum absolute atomic E-state index is 0.551. The van der Waals surface area contributed by atoms with E-state index >= 15 is 0 Å². The van der Waals surface area contributed by atoms with E-state index in [0.29, 0.717) is 5.92 Å². The summed E-state index contributed by atoms with van der Waals surface area (Å²) in [6, 6.07) is 8.24. The predicted molar refractivity (Wildman–Crippen MR) is 80.9 cm³/mol. The average molecular weight is 262 g/mol. The van der Waals surface area contributed by atoms with E-state index in [1.807, 2.05) is 12.1 Å². The van der Waals surface area contributed by atoms with Crippen LogP contribution in [-0.4, -0.2) is 26.2 Å². The fraction of sp³-hybridized carbons (Fsp3) is 0.625. The van der Waals surface area contributed by atoms with Crippen molar-refractivity contribution in [2.45, 2.75) is 26.7 Å². The molecule has 0 aliphatic carbocycles. The van der Waals surface area contributed by atoms with Crippen LogP contribution in [0.25, 0.3) is 0 Å². The molecule has 3 heteroatoms. The number of ether oxygens (including phenoxy) is 1. The van der Waals surface area contributed by atoms with Gasteiger partial charge in [-0.15, -0.1) is 0 Å². The first-order valence-electron chi connectivity index (χ1n) is 7.42. The Balaban J connectivity index is 1.87. The number of anilines is 1. The molecule has 1 atom stereocenters. The molecule has 1 saturated heterocycles. The van der Waals surface area contributed by atoms with Crippen LogP contribution in [0.5, 0.6) is 5.75 Å². The van der Waals surface area contributed by atoms with Crippen LogP contribution >= 0.6 is 0 Å². The quantitative estimate of drug-likeness (QED) is 0.826. The second-order valence-corrected chi connectivity index (χ2v) is 5.79. The van der Waals surface area contributed by atoms with Crippen molar-refractivity contribution in [3.63, 3.8) is 0 Å². The molecule has 2 N–H and O–H groups in total. The van der Waals surface area contributed by atoms with Gasteiger partial charge in [0.15, 0.2) is 0 Å². The summed E-state index contributed by atoms with van der Waals surface area (Å²) in [5.41, 5.74) is 1.12. The molecule has 1 aliphatic rings. The Labute approximate surface area is 116 Å². The highest BCUT2D eigenvalue weighted by Gasteiger charge is 2.13. The van der Waals surface area contributed by atoms with E-state index in [9.17, 15) is 0 Å². The molecule has 0 bridgehead atoms. The van der Waals surface area contributed by atoms with Crippen molar-refractivity contribution in [3.8, 4) is 5.75 Å². The highest BCUT2D eigenvalue weighted by atomic mass is 16.5. The van der Waals surface area contributed by atoms with Crippen LogP contribution in [0.3, 0.4) is 0 Å². The molecule has 0 aromatic heterocycles. The molecule has 1 fully saturated rings. The van der Waals surface area contributed by atoms with E-state index in [-0.39, 0.29) is 0 Å². The topological polar surface area (TPSA) is 33.3 Å². The molecule has 0 amide bonds. The SMILES string of the molecule is CC(C)COc1ccccc1NCC1CCCNC1. The van der Waals surface area contributed by atoms with Crippen molar-refractivity contribution in [3.05, 3.63) is 24.3 Å². The first kappa shape index (κ1) is 14.2. The maximum absolute atomic E-state index is 5.86. The van der Waals surface area contributed by atoms with Gasteiger partial charge < -0.3 is 15.4 Å². The molecule has 0 spiro atoms. The van der Waals surface area contributed by atoms with Crippen LogP contribution in [0.4, 0.5) is 5.69 Å². The van der Waals surface area contributed by atoms with E-state index < -0.39 is 0 Å². The molecule has 1 aromatic rings. The third-order valence-corrected chi connectivity index (χ3v) is 3.44. The van der Waals surface area contributed by atoms with Gasteiger partial charge in [0, 0.05) is 6.54 Å². The number of hydrogen-bond acceptors (Lipinski definition) is 3. The molecule has 0 radical (unpaired) electrons. The summed E-state index contributed by atoms with van der Waals surface area (Å²) in [7, 11) is 0. The van der Waals surface area contributed by atoms with Gasteiger partial charge in [-0.3, -0.25) is 0 Å². The minimum Gasteiger partial charge on any atom is -0.491 e. The molecular weight excluding hydrogens is 236 g/mol. The predicted octanol–water partition coefficient (Wildman–Crippen LogP) is 3.13. The number of para-hydroxylation sites is 2. The summed E-state index contributed by atoms with van der Waals surface area (Å²) in [6.45, 7) is 8.43. The van der Waals surface area contributed by atoms with Crippen molar-refractivity contribution in [2.24, 2.45) is 11.8 Å². The molecule has 1 heterocycles. The van der Waals surface area contributed by atoms with E-state index in [1.165, 1.54) is 19.4 Å². The van der Waals surface area contributed by atoms with Crippen LogP contribution in [0, 0.1) is 11.8 Å². The molecule has 1 aliphatic heterocycles. The normalized spacial score (nSPS) is 19.4. The summed E-state index contributed by atoms with van der Waals surface area (Å²) in [6.07, 6.45) is 2.60. The third kappa shape index (κ3) is 4.75. The van der Waals surface area contributed by atoms with Gasteiger partial charge in [0.2, 0.25) is 0 Å². The van der Waals surface area contributed by atoms with Crippen molar-refractivity contribution in [2.75, 3.05) is 31.6 Å². The van der Waals surface area contributed by atoms with Crippen LogP contribution in [0.15, 0.2) is 24.3 Å². The number of nitrogens with one attached hydrogen (secondary N) is 2. The second kappa shape index (κ2) is 7.39. The minimum atomic E-state index is 0.551. The molecule has 19 heavy (non-hydrogen) atoms. The summed E-state index contributed by atoms with van der Waals surface area (Å²) in [4.78, 5) is 0. The van der Waals surface area contributed by atoms with Crippen LogP contribution in [0.2, 0.25) is 0 Å². The van der Waals surface area contributed by atoms with Gasteiger partial charge >= 0.3 is 0 Å². The van der Waals surface area contributed by atoms with E-state index in [1.54, 1.807) is 0 Å².